The molecule has 0 heterocycles. The Labute approximate surface area is 121 Å². The van der Waals surface area contributed by atoms with E-state index in [1.165, 1.54) is 0 Å². The van der Waals surface area contributed by atoms with Gasteiger partial charge in [-0.05, 0) is 37.6 Å². The van der Waals surface area contributed by atoms with E-state index >= 15 is 0 Å². The molecular formula is C17H25NO2. The topological polar surface area (TPSA) is 32.7 Å². The Morgan fingerprint density at radius 2 is 1.90 bits per heavy atom. The number of hydrogen-bond donors (Lipinski definition) is 1. The van der Waals surface area contributed by atoms with Gasteiger partial charge >= 0.3 is 0 Å². The zero-order valence-corrected chi connectivity index (χ0v) is 12.7. The van der Waals surface area contributed by atoms with Crippen molar-refractivity contribution < 1.29 is 9.84 Å². The van der Waals surface area contributed by atoms with Crippen LogP contribution >= 0.6 is 0 Å². The van der Waals surface area contributed by atoms with Crippen LogP contribution in [0.3, 0.4) is 0 Å². The lowest BCUT2D eigenvalue weighted by molar-refractivity contribution is 0.0714. The molecule has 0 unspecified atom stereocenters. The number of rotatable bonds is 6. The summed E-state index contributed by atoms with van der Waals surface area (Å²) in [4.78, 5) is 2.36. The van der Waals surface area contributed by atoms with Gasteiger partial charge in [-0.1, -0.05) is 38.1 Å². The normalized spacial score (nSPS) is 21.1. The molecule has 2 atom stereocenters. The SMILES string of the molecule is CCCN(CCC)[C@@H]1C=Cc2c(OC)cccc2[C@H]1O. The van der Waals surface area contributed by atoms with E-state index in [1.54, 1.807) is 7.11 Å². The average molecular weight is 275 g/mol. The smallest absolute Gasteiger partial charge is 0.126 e. The summed E-state index contributed by atoms with van der Waals surface area (Å²) in [7, 11) is 1.67. The van der Waals surface area contributed by atoms with Crippen molar-refractivity contribution in [2.24, 2.45) is 0 Å². The molecule has 0 saturated carbocycles. The zero-order chi connectivity index (χ0) is 14.5. The Hall–Kier alpha value is -1.32. The van der Waals surface area contributed by atoms with Crippen LogP contribution in [-0.4, -0.2) is 36.2 Å². The third-order valence-corrected chi connectivity index (χ3v) is 3.87. The van der Waals surface area contributed by atoms with Crippen LogP contribution in [0.15, 0.2) is 24.3 Å². The van der Waals surface area contributed by atoms with Gasteiger partial charge in [-0.25, -0.2) is 0 Å². The van der Waals surface area contributed by atoms with Crippen molar-refractivity contribution in [1.82, 2.24) is 4.90 Å². The van der Waals surface area contributed by atoms with Gasteiger partial charge in [0.2, 0.25) is 0 Å². The molecule has 2 rings (SSSR count). The van der Waals surface area contributed by atoms with Crippen molar-refractivity contribution in [3.63, 3.8) is 0 Å². The van der Waals surface area contributed by atoms with Crippen LogP contribution in [0.25, 0.3) is 6.08 Å². The Kier molecular flexibility index (Phi) is 5.21. The standard InChI is InChI=1S/C17H25NO2/c1-4-11-18(12-5-2)15-10-9-13-14(17(15)19)7-6-8-16(13)20-3/h6-10,15,17,19H,4-5,11-12H2,1-3H3/t15-,17-/m1/s1. The highest BCUT2D eigenvalue weighted by atomic mass is 16.5. The summed E-state index contributed by atoms with van der Waals surface area (Å²) in [6.45, 7) is 6.38. The molecule has 1 N–H and O–H groups in total. The molecule has 0 bridgehead atoms. The van der Waals surface area contributed by atoms with Gasteiger partial charge < -0.3 is 9.84 Å². The molecule has 1 aromatic rings. The second kappa shape index (κ2) is 6.91. The van der Waals surface area contributed by atoms with Crippen molar-refractivity contribution in [3.8, 4) is 5.75 Å². The number of nitrogens with zero attached hydrogens (tertiary/aromatic N) is 1. The summed E-state index contributed by atoms with van der Waals surface area (Å²) in [6.07, 6.45) is 5.91. The van der Waals surface area contributed by atoms with E-state index in [2.05, 4.69) is 30.9 Å². The molecule has 0 spiro atoms. The molecule has 0 fully saturated rings. The first kappa shape index (κ1) is 15.1. The zero-order valence-electron chi connectivity index (χ0n) is 12.7. The highest BCUT2D eigenvalue weighted by Gasteiger charge is 2.29. The van der Waals surface area contributed by atoms with Crippen molar-refractivity contribution in [1.29, 1.82) is 0 Å². The monoisotopic (exact) mass is 275 g/mol. The van der Waals surface area contributed by atoms with Crippen molar-refractivity contribution in [3.05, 3.63) is 35.4 Å². The number of fused-ring (bicyclic) bond motifs is 1. The first-order valence-electron chi connectivity index (χ1n) is 7.50. The molecular weight excluding hydrogens is 250 g/mol. The highest BCUT2D eigenvalue weighted by molar-refractivity contribution is 5.65. The minimum atomic E-state index is -0.483. The number of hydrogen-bond acceptors (Lipinski definition) is 3. The number of methoxy groups -OCH3 is 1. The average Bonchev–Trinajstić information content (AvgIpc) is 2.47. The van der Waals surface area contributed by atoms with E-state index in [9.17, 15) is 5.11 Å². The minimum Gasteiger partial charge on any atom is -0.496 e. The first-order valence-corrected chi connectivity index (χ1v) is 7.50. The van der Waals surface area contributed by atoms with Gasteiger partial charge in [0.1, 0.15) is 5.75 Å². The third-order valence-electron chi connectivity index (χ3n) is 3.87. The molecule has 3 nitrogen and oxygen atoms in total. The lowest BCUT2D eigenvalue weighted by Gasteiger charge is -2.35. The first-order chi connectivity index (χ1) is 9.72. The summed E-state index contributed by atoms with van der Waals surface area (Å²) in [5, 5.41) is 10.7. The Morgan fingerprint density at radius 1 is 1.20 bits per heavy atom. The highest BCUT2D eigenvalue weighted by Crippen LogP contribution is 2.35. The van der Waals surface area contributed by atoms with Gasteiger partial charge in [-0.2, -0.15) is 0 Å². The number of benzene rings is 1. The number of aliphatic hydroxyl groups excluding tert-OH is 1. The Balaban J connectivity index is 2.29. The summed E-state index contributed by atoms with van der Waals surface area (Å²) in [5.74, 6) is 0.828. The summed E-state index contributed by atoms with van der Waals surface area (Å²) >= 11 is 0. The van der Waals surface area contributed by atoms with Gasteiger partial charge in [-0.3, -0.25) is 4.90 Å². The number of ether oxygens (including phenoxy) is 1. The third kappa shape index (κ3) is 2.89. The fourth-order valence-electron chi connectivity index (χ4n) is 2.97. The lowest BCUT2D eigenvalue weighted by Crippen LogP contribution is -2.40. The van der Waals surface area contributed by atoms with Gasteiger partial charge in [0, 0.05) is 5.56 Å². The minimum absolute atomic E-state index is 0.0644. The van der Waals surface area contributed by atoms with Crippen LogP contribution in [-0.2, 0) is 0 Å². The molecule has 110 valence electrons. The van der Waals surface area contributed by atoms with Gasteiger partial charge in [0.15, 0.2) is 0 Å². The van der Waals surface area contributed by atoms with E-state index in [-0.39, 0.29) is 6.04 Å². The van der Waals surface area contributed by atoms with Crippen molar-refractivity contribution in [2.45, 2.75) is 38.8 Å². The van der Waals surface area contributed by atoms with Gasteiger partial charge in [0.05, 0.1) is 19.3 Å². The molecule has 1 aliphatic carbocycles. The predicted molar refractivity (Wildman–Crippen MR) is 82.9 cm³/mol. The van der Waals surface area contributed by atoms with Crippen LogP contribution in [0.1, 0.15) is 43.9 Å². The molecule has 1 aliphatic rings. The maximum absolute atomic E-state index is 10.7. The largest absolute Gasteiger partial charge is 0.496 e. The van der Waals surface area contributed by atoms with Crippen LogP contribution in [0.5, 0.6) is 5.75 Å². The fourth-order valence-corrected chi connectivity index (χ4v) is 2.97. The Bertz CT molecular complexity index is 464. The summed E-state index contributed by atoms with van der Waals surface area (Å²) in [6, 6.07) is 5.94. The second-order valence-electron chi connectivity index (χ2n) is 5.29. The number of aliphatic hydroxyl groups is 1. The van der Waals surface area contributed by atoms with Crippen LogP contribution < -0.4 is 4.74 Å². The van der Waals surface area contributed by atoms with E-state index < -0.39 is 6.10 Å². The quantitative estimate of drug-likeness (QED) is 0.865. The van der Waals surface area contributed by atoms with Gasteiger partial charge in [-0.15, -0.1) is 0 Å². The molecule has 3 heteroatoms. The summed E-state index contributed by atoms with van der Waals surface area (Å²) < 4.78 is 5.38. The molecule has 0 amide bonds. The molecule has 0 aliphatic heterocycles. The van der Waals surface area contributed by atoms with E-state index in [0.717, 1.165) is 42.8 Å². The molecule has 0 radical (unpaired) electrons. The van der Waals surface area contributed by atoms with Crippen molar-refractivity contribution >= 4 is 6.08 Å². The Morgan fingerprint density at radius 3 is 2.50 bits per heavy atom. The maximum Gasteiger partial charge on any atom is 0.126 e. The van der Waals surface area contributed by atoms with Crippen LogP contribution in [0.2, 0.25) is 0 Å². The molecule has 1 aromatic carbocycles. The van der Waals surface area contributed by atoms with Crippen LogP contribution in [0.4, 0.5) is 0 Å². The second-order valence-corrected chi connectivity index (χ2v) is 5.29. The van der Waals surface area contributed by atoms with E-state index in [1.807, 2.05) is 18.2 Å². The molecule has 0 aromatic heterocycles. The van der Waals surface area contributed by atoms with E-state index in [0.29, 0.717) is 0 Å². The fraction of sp³-hybridized carbons (Fsp3) is 0.529. The molecule has 20 heavy (non-hydrogen) atoms. The lowest BCUT2D eigenvalue weighted by atomic mass is 9.89. The predicted octanol–water partition coefficient (Wildman–Crippen LogP) is 3.25. The van der Waals surface area contributed by atoms with Crippen LogP contribution in [0, 0.1) is 0 Å². The molecule has 0 saturated heterocycles. The van der Waals surface area contributed by atoms with Crippen molar-refractivity contribution in [2.75, 3.05) is 20.2 Å². The summed E-state index contributed by atoms with van der Waals surface area (Å²) in [5.41, 5.74) is 1.97. The van der Waals surface area contributed by atoms with E-state index in [4.69, 9.17) is 4.74 Å². The van der Waals surface area contributed by atoms with Gasteiger partial charge in [0.25, 0.3) is 0 Å². The maximum atomic E-state index is 10.7.